The van der Waals surface area contributed by atoms with E-state index in [0.29, 0.717) is 0 Å². The van der Waals surface area contributed by atoms with Gasteiger partial charge in [-0.1, -0.05) is 17.7 Å². The number of hydrogen-bond donors (Lipinski definition) is 1. The average molecular weight is 379 g/mol. The molecule has 1 aliphatic rings. The second-order valence-electron chi connectivity index (χ2n) is 6.05. The molecule has 3 aromatic rings. The summed E-state index contributed by atoms with van der Waals surface area (Å²) in [6.45, 7) is 5.20. The van der Waals surface area contributed by atoms with E-state index in [9.17, 15) is 0 Å². The molecule has 24 heavy (non-hydrogen) atoms. The van der Waals surface area contributed by atoms with Crippen LogP contribution < -0.4 is 14.8 Å². The van der Waals surface area contributed by atoms with Crippen molar-refractivity contribution in [2.24, 2.45) is 0 Å². The van der Waals surface area contributed by atoms with E-state index in [4.69, 9.17) is 23.8 Å². The van der Waals surface area contributed by atoms with Gasteiger partial charge in [-0.25, -0.2) is 4.98 Å². The Bertz CT molecular complexity index is 898. The smallest absolute Gasteiger partial charge is 0.274 e. The number of rotatable bonds is 3. The van der Waals surface area contributed by atoms with Crippen molar-refractivity contribution in [2.45, 2.75) is 6.67 Å². The van der Waals surface area contributed by atoms with E-state index in [-0.39, 0.29) is 0 Å². The molecule has 4 rings (SSSR count). The Kier molecular flexibility index (Phi) is 4.54. The van der Waals surface area contributed by atoms with Crippen LogP contribution in [0.3, 0.4) is 0 Å². The van der Waals surface area contributed by atoms with E-state index in [1.807, 2.05) is 24.4 Å². The average Bonchev–Trinajstić information content (AvgIpc) is 2.92. The predicted octanol–water partition coefficient (Wildman–Crippen LogP) is 2.26. The summed E-state index contributed by atoms with van der Waals surface area (Å²) in [5.41, 5.74) is 1.16. The van der Waals surface area contributed by atoms with Gasteiger partial charge in [-0.15, -0.1) is 11.3 Å². The summed E-state index contributed by atoms with van der Waals surface area (Å²) >= 11 is 13.4. The Morgan fingerprint density at radius 3 is 2.79 bits per heavy atom. The number of benzene rings is 1. The molecule has 0 unspecified atom stereocenters. The topological polar surface area (TPSA) is 26.8 Å². The van der Waals surface area contributed by atoms with Crippen molar-refractivity contribution < 1.29 is 9.88 Å². The lowest BCUT2D eigenvalue weighted by Gasteiger charge is -2.28. The number of fused-ring (bicyclic) bond motifs is 1. The van der Waals surface area contributed by atoms with Crippen molar-refractivity contribution in [1.82, 2.24) is 4.57 Å². The molecule has 2 N–H and O–H groups in total. The molecular formula is C17H19ClN4S2+2. The number of piperazine rings is 1. The number of nitrogens with one attached hydrogen (secondary N) is 2. The standard InChI is InChI=1S/C17H17ClN4S2/c18-13-4-5-15-14(11-13)22(17(23)24-15)12-20-7-9-21(10-8-20)16-3-1-2-6-19-16/h1-6,11H,7-10,12H2/p+2. The van der Waals surface area contributed by atoms with Gasteiger partial charge in [-0.05, 0) is 36.5 Å². The van der Waals surface area contributed by atoms with Crippen LogP contribution in [-0.4, -0.2) is 30.7 Å². The first-order chi connectivity index (χ1) is 11.7. The summed E-state index contributed by atoms with van der Waals surface area (Å²) in [6.07, 6.45) is 1.98. The molecule has 1 saturated heterocycles. The molecule has 4 nitrogen and oxygen atoms in total. The van der Waals surface area contributed by atoms with Gasteiger partial charge >= 0.3 is 0 Å². The first-order valence-electron chi connectivity index (χ1n) is 8.05. The first kappa shape index (κ1) is 16.0. The van der Waals surface area contributed by atoms with Crippen molar-refractivity contribution in [3.8, 4) is 0 Å². The molecule has 1 aromatic carbocycles. The van der Waals surface area contributed by atoms with Crippen LogP contribution in [0.15, 0.2) is 42.6 Å². The number of anilines is 1. The van der Waals surface area contributed by atoms with Crippen LogP contribution in [0.5, 0.6) is 0 Å². The Labute approximate surface area is 154 Å². The van der Waals surface area contributed by atoms with Gasteiger partial charge in [-0.2, -0.15) is 0 Å². The van der Waals surface area contributed by atoms with Crippen LogP contribution in [0, 0.1) is 3.95 Å². The number of halogens is 1. The Hall–Kier alpha value is -1.47. The number of hydrogen-bond acceptors (Lipinski definition) is 3. The van der Waals surface area contributed by atoms with Crippen LogP contribution >= 0.6 is 35.2 Å². The lowest BCUT2D eigenvalue weighted by Crippen LogP contribution is -3.14. The largest absolute Gasteiger partial charge is 0.311 e. The van der Waals surface area contributed by atoms with Crippen LogP contribution in [-0.2, 0) is 6.67 Å². The molecule has 124 valence electrons. The molecule has 0 aliphatic carbocycles. The molecule has 0 saturated carbocycles. The SMILES string of the molecule is S=c1sc2ccc(Cl)cc2n1C[NH+]1CCN(c2cccc[nH+]2)CC1. The molecule has 0 bridgehead atoms. The highest BCUT2D eigenvalue weighted by Crippen LogP contribution is 2.25. The van der Waals surface area contributed by atoms with Crippen LogP contribution in [0.4, 0.5) is 5.82 Å². The van der Waals surface area contributed by atoms with E-state index in [2.05, 4.69) is 32.7 Å². The molecule has 2 aromatic heterocycles. The van der Waals surface area contributed by atoms with Gasteiger partial charge in [0.1, 0.15) is 26.2 Å². The monoisotopic (exact) mass is 378 g/mol. The third kappa shape index (κ3) is 3.19. The maximum absolute atomic E-state index is 6.17. The van der Waals surface area contributed by atoms with Crippen molar-refractivity contribution >= 4 is 51.2 Å². The lowest BCUT2D eigenvalue weighted by molar-refractivity contribution is -0.923. The summed E-state index contributed by atoms with van der Waals surface area (Å²) in [7, 11) is 0. The first-order valence-corrected chi connectivity index (χ1v) is 9.65. The number of pyridine rings is 1. The normalized spacial score (nSPS) is 16.0. The zero-order chi connectivity index (χ0) is 16.5. The van der Waals surface area contributed by atoms with E-state index in [0.717, 1.165) is 47.3 Å². The van der Waals surface area contributed by atoms with Crippen LogP contribution in [0.2, 0.25) is 5.02 Å². The summed E-state index contributed by atoms with van der Waals surface area (Å²) in [6, 6.07) is 12.2. The summed E-state index contributed by atoms with van der Waals surface area (Å²) in [4.78, 5) is 7.28. The molecular weight excluding hydrogens is 360 g/mol. The second-order valence-corrected chi connectivity index (χ2v) is 8.16. The minimum atomic E-state index is 0.767. The molecule has 0 amide bonds. The van der Waals surface area contributed by atoms with Gasteiger partial charge < -0.3 is 4.90 Å². The van der Waals surface area contributed by atoms with Crippen molar-refractivity contribution in [2.75, 3.05) is 31.1 Å². The van der Waals surface area contributed by atoms with Gasteiger partial charge in [0.15, 0.2) is 10.6 Å². The molecule has 1 aliphatic heterocycles. The molecule has 1 fully saturated rings. The summed E-state index contributed by atoms with van der Waals surface area (Å²) in [5.74, 6) is 1.20. The van der Waals surface area contributed by atoms with Gasteiger partial charge in [0.05, 0.1) is 16.4 Å². The Morgan fingerprint density at radius 1 is 1.21 bits per heavy atom. The second kappa shape index (κ2) is 6.80. The highest BCUT2D eigenvalue weighted by molar-refractivity contribution is 7.73. The van der Waals surface area contributed by atoms with Crippen LogP contribution in [0.1, 0.15) is 0 Å². The Balaban J connectivity index is 1.49. The fourth-order valence-corrected chi connectivity index (χ4v) is 4.68. The maximum Gasteiger partial charge on any atom is 0.274 e. The minimum Gasteiger partial charge on any atom is -0.311 e. The van der Waals surface area contributed by atoms with Crippen molar-refractivity contribution in [3.63, 3.8) is 0 Å². The van der Waals surface area contributed by atoms with Gasteiger partial charge in [0, 0.05) is 11.1 Å². The number of H-pyrrole nitrogens is 1. The third-order valence-corrected chi connectivity index (χ3v) is 6.18. The fraction of sp³-hybridized carbons (Fsp3) is 0.294. The number of thiazole rings is 1. The van der Waals surface area contributed by atoms with Gasteiger partial charge in [0.2, 0.25) is 0 Å². The molecule has 3 heterocycles. The van der Waals surface area contributed by atoms with Gasteiger partial charge in [-0.3, -0.25) is 9.47 Å². The molecule has 0 atom stereocenters. The van der Waals surface area contributed by atoms with Crippen molar-refractivity contribution in [1.29, 1.82) is 0 Å². The maximum atomic E-state index is 6.17. The summed E-state index contributed by atoms with van der Waals surface area (Å²) in [5, 5.41) is 0.767. The van der Waals surface area contributed by atoms with Gasteiger partial charge in [0.25, 0.3) is 5.82 Å². The number of aromatic amines is 1. The van der Waals surface area contributed by atoms with E-state index in [1.54, 1.807) is 16.2 Å². The highest BCUT2D eigenvalue weighted by atomic mass is 35.5. The number of nitrogens with zero attached hydrogens (tertiary/aromatic N) is 2. The fourth-order valence-electron chi connectivity index (χ4n) is 3.21. The predicted molar refractivity (Wildman–Crippen MR) is 102 cm³/mol. The number of quaternary nitrogens is 1. The number of aromatic nitrogens is 2. The van der Waals surface area contributed by atoms with Crippen molar-refractivity contribution in [3.05, 3.63) is 51.6 Å². The third-order valence-electron chi connectivity index (χ3n) is 4.52. The summed E-state index contributed by atoms with van der Waals surface area (Å²) < 4.78 is 4.38. The van der Waals surface area contributed by atoms with Crippen LogP contribution in [0.25, 0.3) is 10.2 Å². The quantitative estimate of drug-likeness (QED) is 0.708. The molecule has 7 heteroatoms. The molecule has 0 radical (unpaired) electrons. The zero-order valence-corrected chi connectivity index (χ0v) is 15.6. The lowest BCUT2D eigenvalue weighted by atomic mass is 10.3. The minimum absolute atomic E-state index is 0.767. The van der Waals surface area contributed by atoms with E-state index in [1.165, 1.54) is 10.5 Å². The van der Waals surface area contributed by atoms with E-state index < -0.39 is 0 Å². The Morgan fingerprint density at radius 2 is 2.04 bits per heavy atom. The van der Waals surface area contributed by atoms with E-state index >= 15 is 0 Å². The highest BCUT2D eigenvalue weighted by Gasteiger charge is 2.26. The molecule has 0 spiro atoms. The zero-order valence-electron chi connectivity index (χ0n) is 13.2.